The molecule has 200 valence electrons. The van der Waals surface area contributed by atoms with Crippen LogP contribution >= 0.6 is 0 Å². The van der Waals surface area contributed by atoms with Gasteiger partial charge in [-0.3, -0.25) is 9.59 Å². The van der Waals surface area contributed by atoms with Crippen molar-refractivity contribution in [1.82, 2.24) is 19.9 Å². The van der Waals surface area contributed by atoms with E-state index in [9.17, 15) is 14.0 Å². The Balaban J connectivity index is 1.36. The van der Waals surface area contributed by atoms with Crippen LogP contribution in [-0.4, -0.2) is 44.0 Å². The maximum absolute atomic E-state index is 14.9. The molecular weight excluding hydrogens is 501 g/mol. The van der Waals surface area contributed by atoms with Crippen molar-refractivity contribution in [3.8, 4) is 11.5 Å². The van der Waals surface area contributed by atoms with Gasteiger partial charge in [-0.05, 0) is 43.2 Å². The van der Waals surface area contributed by atoms with Gasteiger partial charge in [-0.2, -0.15) is 0 Å². The average molecular weight is 530 g/mol. The van der Waals surface area contributed by atoms with Crippen molar-refractivity contribution in [3.05, 3.63) is 78.1 Å². The molecule has 10 heteroatoms. The smallest absolute Gasteiger partial charge is 0.250 e. The van der Waals surface area contributed by atoms with E-state index in [1.54, 1.807) is 41.3 Å². The molecule has 2 aliphatic rings. The highest BCUT2D eigenvalue weighted by Crippen LogP contribution is 2.38. The minimum Gasteiger partial charge on any atom is -0.454 e. The molecule has 4 aromatic rings. The predicted octanol–water partition coefficient (Wildman–Crippen LogP) is 4.67. The number of nitrogens with one attached hydrogen (secondary N) is 1. The van der Waals surface area contributed by atoms with Crippen molar-refractivity contribution in [1.29, 1.82) is 0 Å². The largest absolute Gasteiger partial charge is 0.454 e. The number of carbonyl (C=O) groups is 2. The van der Waals surface area contributed by atoms with Crippen LogP contribution in [0.2, 0.25) is 0 Å². The zero-order valence-electron chi connectivity index (χ0n) is 21.3. The van der Waals surface area contributed by atoms with Crippen LogP contribution < -0.4 is 14.8 Å². The highest BCUT2D eigenvalue weighted by atomic mass is 19.1. The van der Waals surface area contributed by atoms with Crippen LogP contribution in [0.15, 0.2) is 66.7 Å². The molecule has 0 unspecified atom stereocenters. The van der Waals surface area contributed by atoms with Crippen molar-refractivity contribution in [2.45, 2.75) is 50.7 Å². The minimum atomic E-state index is -1.18. The molecule has 0 atom stereocenters. The van der Waals surface area contributed by atoms with E-state index in [1.807, 2.05) is 24.3 Å². The fourth-order valence-corrected chi connectivity index (χ4v) is 5.50. The van der Waals surface area contributed by atoms with E-state index in [-0.39, 0.29) is 31.7 Å². The van der Waals surface area contributed by atoms with Crippen molar-refractivity contribution in [2.75, 3.05) is 12.1 Å². The number of rotatable bonds is 7. The molecule has 2 heterocycles. The third-order valence-corrected chi connectivity index (χ3v) is 7.54. The van der Waals surface area contributed by atoms with Crippen molar-refractivity contribution >= 4 is 28.5 Å². The van der Waals surface area contributed by atoms with E-state index in [1.165, 1.54) is 10.7 Å². The summed E-state index contributed by atoms with van der Waals surface area (Å²) in [6.07, 6.45) is 3.40. The van der Waals surface area contributed by atoms with Gasteiger partial charge in [0.05, 0.1) is 5.52 Å². The second kappa shape index (κ2) is 10.4. The molecule has 0 spiro atoms. The van der Waals surface area contributed by atoms with Crippen LogP contribution in [0.3, 0.4) is 0 Å². The lowest BCUT2D eigenvalue weighted by atomic mass is 9.78. The third kappa shape index (κ3) is 4.78. The molecule has 0 bridgehead atoms. The van der Waals surface area contributed by atoms with E-state index in [2.05, 4.69) is 15.6 Å². The Hall–Kier alpha value is -4.47. The summed E-state index contributed by atoms with van der Waals surface area (Å²) in [5, 5.41) is 11.3. The Morgan fingerprint density at radius 1 is 0.974 bits per heavy atom. The van der Waals surface area contributed by atoms with E-state index in [0.717, 1.165) is 19.3 Å². The molecular formula is C29H28FN5O4. The summed E-state index contributed by atoms with van der Waals surface area (Å²) in [7, 11) is 0. The maximum atomic E-state index is 14.9. The number of hydrogen-bond acceptors (Lipinski definition) is 6. The number of para-hydroxylation sites is 1. The second-order valence-electron chi connectivity index (χ2n) is 9.92. The Bertz CT molecular complexity index is 1530. The molecule has 2 amide bonds. The number of ether oxygens (including phenoxy) is 2. The van der Waals surface area contributed by atoms with Gasteiger partial charge in [0.2, 0.25) is 18.6 Å². The summed E-state index contributed by atoms with van der Waals surface area (Å²) in [6, 6.07) is 18.9. The normalized spacial score (nSPS) is 15.7. The summed E-state index contributed by atoms with van der Waals surface area (Å²) >= 11 is 0. The zero-order valence-corrected chi connectivity index (χ0v) is 21.3. The van der Waals surface area contributed by atoms with Gasteiger partial charge in [0.15, 0.2) is 11.5 Å². The van der Waals surface area contributed by atoms with E-state index in [0.29, 0.717) is 46.6 Å². The van der Waals surface area contributed by atoms with Crippen molar-refractivity contribution in [3.63, 3.8) is 0 Å². The third-order valence-electron chi connectivity index (χ3n) is 7.54. The first-order valence-corrected chi connectivity index (χ1v) is 13.1. The minimum absolute atomic E-state index is 0.0489. The maximum Gasteiger partial charge on any atom is 0.250 e. The van der Waals surface area contributed by atoms with E-state index < -0.39 is 11.4 Å². The van der Waals surface area contributed by atoms with Crippen molar-refractivity contribution < 1.29 is 23.5 Å². The lowest BCUT2D eigenvalue weighted by molar-refractivity contribution is -0.149. The monoisotopic (exact) mass is 529 g/mol. The van der Waals surface area contributed by atoms with Crippen LogP contribution in [0.5, 0.6) is 11.5 Å². The van der Waals surface area contributed by atoms with Gasteiger partial charge < -0.3 is 19.7 Å². The summed E-state index contributed by atoms with van der Waals surface area (Å²) in [6.45, 7) is -0.0563. The first-order valence-electron chi connectivity index (χ1n) is 13.1. The standard InChI is InChI=1S/C29H28FN5O4/c30-22-9-3-2-8-20(22)17-34(27(36)18-35-24-11-5-4-10-23(24)32-33-35)29(14-6-1-7-15-29)28(37)31-21-12-13-25-26(16-21)39-19-38-25/h2-5,8-13,16H,1,6-7,14-15,17-19H2,(H,31,37). The number of benzene rings is 3. The molecule has 1 aromatic heterocycles. The van der Waals surface area contributed by atoms with Gasteiger partial charge in [0, 0.05) is 23.9 Å². The Morgan fingerprint density at radius 3 is 2.59 bits per heavy atom. The highest BCUT2D eigenvalue weighted by molar-refractivity contribution is 6.01. The molecule has 6 rings (SSSR count). The summed E-state index contributed by atoms with van der Waals surface area (Å²) in [5.74, 6) is 0.0779. The fourth-order valence-electron chi connectivity index (χ4n) is 5.50. The molecule has 0 saturated heterocycles. The lowest BCUT2D eigenvalue weighted by Crippen LogP contribution is -2.60. The molecule has 1 aliphatic carbocycles. The lowest BCUT2D eigenvalue weighted by Gasteiger charge is -2.45. The molecule has 3 aromatic carbocycles. The summed E-state index contributed by atoms with van der Waals surface area (Å²) in [5.41, 5.74) is 1.08. The highest BCUT2D eigenvalue weighted by Gasteiger charge is 2.47. The van der Waals surface area contributed by atoms with Crippen LogP contribution in [0.4, 0.5) is 10.1 Å². The number of aromatic nitrogens is 3. The Kier molecular flexibility index (Phi) is 6.60. The quantitative estimate of drug-likeness (QED) is 0.374. The van der Waals surface area contributed by atoms with Gasteiger partial charge in [0.1, 0.15) is 23.4 Å². The molecule has 1 aliphatic heterocycles. The summed E-state index contributed by atoms with van der Waals surface area (Å²) < 4.78 is 27.3. The molecule has 1 saturated carbocycles. The number of carbonyl (C=O) groups excluding carboxylic acids is 2. The molecule has 0 radical (unpaired) electrons. The van der Waals surface area contributed by atoms with Crippen LogP contribution in [0, 0.1) is 5.82 Å². The number of amides is 2. The van der Waals surface area contributed by atoms with Gasteiger partial charge in [-0.1, -0.05) is 54.8 Å². The van der Waals surface area contributed by atoms with Crippen LogP contribution in [0.25, 0.3) is 11.0 Å². The molecule has 9 nitrogen and oxygen atoms in total. The van der Waals surface area contributed by atoms with Gasteiger partial charge in [-0.25, -0.2) is 9.07 Å². The van der Waals surface area contributed by atoms with Crippen LogP contribution in [0.1, 0.15) is 37.7 Å². The molecule has 39 heavy (non-hydrogen) atoms. The molecule has 1 fully saturated rings. The Labute approximate surface area is 224 Å². The number of hydrogen-bond donors (Lipinski definition) is 1. The average Bonchev–Trinajstić information content (AvgIpc) is 3.60. The second-order valence-corrected chi connectivity index (χ2v) is 9.92. The molecule has 1 N–H and O–H groups in total. The van der Waals surface area contributed by atoms with Crippen molar-refractivity contribution in [2.24, 2.45) is 0 Å². The van der Waals surface area contributed by atoms with Gasteiger partial charge in [-0.15, -0.1) is 5.10 Å². The van der Waals surface area contributed by atoms with E-state index >= 15 is 0 Å². The number of halogens is 1. The first-order chi connectivity index (χ1) is 19.0. The zero-order chi connectivity index (χ0) is 26.8. The topological polar surface area (TPSA) is 98.6 Å². The summed E-state index contributed by atoms with van der Waals surface area (Å²) in [4.78, 5) is 29.7. The number of nitrogens with zero attached hydrogens (tertiary/aromatic N) is 4. The fraction of sp³-hybridized carbons (Fsp3) is 0.310. The predicted molar refractivity (Wildman–Crippen MR) is 141 cm³/mol. The Morgan fingerprint density at radius 2 is 1.74 bits per heavy atom. The van der Waals surface area contributed by atoms with Gasteiger partial charge >= 0.3 is 0 Å². The van der Waals surface area contributed by atoms with Crippen LogP contribution in [-0.2, 0) is 22.7 Å². The van der Waals surface area contributed by atoms with Gasteiger partial charge in [0.25, 0.3) is 0 Å². The van der Waals surface area contributed by atoms with E-state index in [4.69, 9.17) is 9.47 Å². The SMILES string of the molecule is O=C(Cn1nnc2ccccc21)N(Cc1ccccc1F)C1(C(=O)Nc2ccc3c(c2)OCO3)CCCCC1. The first kappa shape index (κ1) is 24.8. The number of fused-ring (bicyclic) bond motifs is 2. The number of anilines is 1.